The molecule has 3 aromatic carbocycles. The van der Waals surface area contributed by atoms with E-state index in [0.717, 1.165) is 57.3 Å². The summed E-state index contributed by atoms with van der Waals surface area (Å²) >= 11 is 2.32. The number of ether oxygens (including phenoxy) is 2. The van der Waals surface area contributed by atoms with Gasteiger partial charge in [0.05, 0.1) is 24.1 Å². The van der Waals surface area contributed by atoms with Crippen LogP contribution in [-0.2, 0) is 10.3 Å². The lowest BCUT2D eigenvalue weighted by molar-refractivity contribution is 0.0244. The van der Waals surface area contributed by atoms with Crippen molar-refractivity contribution in [2.24, 2.45) is 0 Å². The summed E-state index contributed by atoms with van der Waals surface area (Å²) in [6, 6.07) is 33.8. The van der Waals surface area contributed by atoms with Gasteiger partial charge in [-0.1, -0.05) is 91.0 Å². The van der Waals surface area contributed by atoms with E-state index >= 15 is 0 Å². The van der Waals surface area contributed by atoms with Crippen LogP contribution in [0.5, 0.6) is 5.88 Å². The average molecular weight is 587 g/mol. The minimum Gasteiger partial charge on any atom is -0.474 e. The second-order valence-corrected chi connectivity index (χ2v) is 9.97. The molecule has 1 fully saturated rings. The molecule has 1 aliphatic heterocycles. The maximum atomic E-state index is 6.44. The lowest BCUT2D eigenvalue weighted by atomic mass is 9.77. The van der Waals surface area contributed by atoms with Crippen molar-refractivity contribution >= 4 is 33.5 Å². The molecule has 1 aliphatic rings. The summed E-state index contributed by atoms with van der Waals surface area (Å²) in [7, 11) is 0. The number of halogens is 1. The molecule has 0 spiro atoms. The summed E-state index contributed by atoms with van der Waals surface area (Å²) in [5.41, 5.74) is 3.68. The van der Waals surface area contributed by atoms with E-state index in [9.17, 15) is 0 Å². The van der Waals surface area contributed by atoms with Crippen LogP contribution in [0.1, 0.15) is 29.5 Å². The minimum atomic E-state index is -0.692. The fourth-order valence-electron chi connectivity index (χ4n) is 5.20. The van der Waals surface area contributed by atoms with Gasteiger partial charge in [0.1, 0.15) is 15.3 Å². The third kappa shape index (κ3) is 3.98. The van der Waals surface area contributed by atoms with Crippen molar-refractivity contribution in [3.63, 3.8) is 0 Å². The first-order chi connectivity index (χ1) is 17.8. The van der Waals surface area contributed by atoms with Gasteiger partial charge in [-0.2, -0.15) is 5.10 Å². The monoisotopic (exact) mass is 587 g/mol. The van der Waals surface area contributed by atoms with E-state index in [2.05, 4.69) is 123 Å². The highest BCUT2D eigenvalue weighted by Crippen LogP contribution is 2.43. The molecule has 0 saturated carbocycles. The van der Waals surface area contributed by atoms with Crippen LogP contribution in [0.25, 0.3) is 10.9 Å². The third-order valence-electron chi connectivity index (χ3n) is 6.86. The first kappa shape index (κ1) is 23.2. The maximum absolute atomic E-state index is 6.44. The molecule has 5 nitrogen and oxygen atoms in total. The number of benzene rings is 3. The molecule has 0 N–H and O–H groups in total. The quantitative estimate of drug-likeness (QED) is 0.170. The fourth-order valence-corrected chi connectivity index (χ4v) is 5.92. The molecule has 0 unspecified atom stereocenters. The van der Waals surface area contributed by atoms with Gasteiger partial charge in [-0.3, -0.25) is 0 Å². The van der Waals surface area contributed by atoms with Gasteiger partial charge in [-0.15, -0.1) is 0 Å². The molecule has 6 rings (SSSR count). The summed E-state index contributed by atoms with van der Waals surface area (Å²) in [5.74, 6) is 0.637. The van der Waals surface area contributed by atoms with Crippen molar-refractivity contribution in [3.05, 3.63) is 124 Å². The van der Waals surface area contributed by atoms with Crippen molar-refractivity contribution < 1.29 is 9.47 Å². The van der Waals surface area contributed by atoms with Gasteiger partial charge in [0, 0.05) is 19.0 Å². The van der Waals surface area contributed by atoms with Crippen LogP contribution in [0.2, 0.25) is 0 Å². The van der Waals surface area contributed by atoms with Crippen molar-refractivity contribution in [2.45, 2.75) is 24.5 Å². The molecule has 6 heteroatoms. The standard InChI is InChI=1S/C30H26IN3O2/c31-28-27-26(16-19-32-29(27)36-25-17-20-35-21-18-25)34(33-28)30(22-10-4-1-5-11-22,23-12-6-2-7-13-23)24-14-8-3-9-15-24/h1-16,19,25H,17-18,20-21H2. The first-order valence-electron chi connectivity index (χ1n) is 12.2. The highest BCUT2D eigenvalue weighted by molar-refractivity contribution is 14.1. The van der Waals surface area contributed by atoms with Crippen LogP contribution in [-0.4, -0.2) is 34.1 Å². The van der Waals surface area contributed by atoms with Crippen molar-refractivity contribution in [1.82, 2.24) is 14.8 Å². The van der Waals surface area contributed by atoms with E-state index in [1.807, 2.05) is 12.3 Å². The molecule has 3 heterocycles. The van der Waals surface area contributed by atoms with E-state index < -0.39 is 5.54 Å². The minimum absolute atomic E-state index is 0.0955. The summed E-state index contributed by atoms with van der Waals surface area (Å²) in [6.45, 7) is 1.44. The van der Waals surface area contributed by atoms with E-state index in [1.165, 1.54) is 0 Å². The largest absolute Gasteiger partial charge is 0.474 e. The molecular weight excluding hydrogens is 561 g/mol. The predicted molar refractivity (Wildman–Crippen MR) is 149 cm³/mol. The zero-order valence-corrected chi connectivity index (χ0v) is 21.9. The molecule has 0 aliphatic carbocycles. The molecule has 180 valence electrons. The number of pyridine rings is 1. The molecular formula is C30H26IN3O2. The molecule has 0 atom stereocenters. The lowest BCUT2D eigenvalue weighted by Gasteiger charge is -2.37. The second-order valence-electron chi connectivity index (χ2n) is 8.95. The van der Waals surface area contributed by atoms with E-state index in [1.54, 1.807) is 0 Å². The van der Waals surface area contributed by atoms with Crippen LogP contribution in [0.15, 0.2) is 103 Å². The Labute approximate surface area is 224 Å². The summed E-state index contributed by atoms with van der Waals surface area (Å²) in [6.07, 6.45) is 3.66. The van der Waals surface area contributed by atoms with E-state index in [0.29, 0.717) is 5.88 Å². The summed E-state index contributed by atoms with van der Waals surface area (Å²) < 4.78 is 15.0. The van der Waals surface area contributed by atoms with Crippen LogP contribution in [0, 0.1) is 3.70 Å². The number of rotatable bonds is 6. The Kier molecular flexibility index (Phi) is 6.46. The Hall–Kier alpha value is -3.23. The van der Waals surface area contributed by atoms with Gasteiger partial charge in [0.15, 0.2) is 0 Å². The molecule has 5 aromatic rings. The number of fused-ring (bicyclic) bond motifs is 1. The van der Waals surface area contributed by atoms with Gasteiger partial charge >= 0.3 is 0 Å². The van der Waals surface area contributed by atoms with Crippen molar-refractivity contribution in [2.75, 3.05) is 13.2 Å². The fraction of sp³-hybridized carbons (Fsp3) is 0.200. The van der Waals surface area contributed by atoms with Crippen LogP contribution in [0.3, 0.4) is 0 Å². The number of aromatic nitrogens is 3. The average Bonchev–Trinajstić information content (AvgIpc) is 3.29. The SMILES string of the molecule is Ic1nn(C(c2ccccc2)(c2ccccc2)c2ccccc2)c2ccnc(OC3CCOCC3)c12. The third-order valence-corrected chi connectivity index (χ3v) is 7.61. The van der Waals surface area contributed by atoms with Crippen LogP contribution >= 0.6 is 22.6 Å². The second kappa shape index (κ2) is 10.0. The zero-order valence-electron chi connectivity index (χ0n) is 19.8. The lowest BCUT2D eigenvalue weighted by Crippen LogP contribution is -2.38. The smallest absolute Gasteiger partial charge is 0.225 e. The van der Waals surface area contributed by atoms with Gasteiger partial charge in [0.25, 0.3) is 0 Å². The maximum Gasteiger partial charge on any atom is 0.225 e. The Morgan fingerprint density at radius 2 is 1.31 bits per heavy atom. The van der Waals surface area contributed by atoms with Crippen LogP contribution < -0.4 is 4.74 Å². The normalized spacial score (nSPS) is 14.7. The Bertz CT molecular complexity index is 1350. The van der Waals surface area contributed by atoms with Gasteiger partial charge in [0.2, 0.25) is 5.88 Å². The van der Waals surface area contributed by atoms with Gasteiger partial charge in [-0.25, -0.2) is 9.67 Å². The molecule has 1 saturated heterocycles. The van der Waals surface area contributed by atoms with Gasteiger partial charge < -0.3 is 9.47 Å². The Morgan fingerprint density at radius 1 is 0.778 bits per heavy atom. The summed E-state index contributed by atoms with van der Waals surface area (Å²) in [4.78, 5) is 4.65. The molecule has 0 radical (unpaired) electrons. The van der Waals surface area contributed by atoms with Crippen LogP contribution in [0.4, 0.5) is 0 Å². The molecule has 2 aromatic heterocycles. The highest BCUT2D eigenvalue weighted by Gasteiger charge is 2.41. The number of nitrogens with zero attached hydrogens (tertiary/aromatic N) is 3. The molecule has 0 bridgehead atoms. The van der Waals surface area contributed by atoms with E-state index in [-0.39, 0.29) is 6.10 Å². The van der Waals surface area contributed by atoms with Crippen molar-refractivity contribution in [1.29, 1.82) is 0 Å². The Morgan fingerprint density at radius 3 is 1.83 bits per heavy atom. The first-order valence-corrected chi connectivity index (χ1v) is 13.3. The highest BCUT2D eigenvalue weighted by atomic mass is 127. The predicted octanol–water partition coefficient (Wildman–Crippen LogP) is 6.43. The number of hydrogen-bond acceptors (Lipinski definition) is 4. The Balaban J connectivity index is 1.65. The topological polar surface area (TPSA) is 49.2 Å². The number of hydrogen-bond donors (Lipinski definition) is 0. The van der Waals surface area contributed by atoms with E-state index in [4.69, 9.17) is 14.6 Å². The zero-order chi connectivity index (χ0) is 24.4. The molecule has 36 heavy (non-hydrogen) atoms. The molecule has 0 amide bonds. The van der Waals surface area contributed by atoms with Gasteiger partial charge in [-0.05, 0) is 45.3 Å². The van der Waals surface area contributed by atoms with Crippen molar-refractivity contribution in [3.8, 4) is 5.88 Å². The summed E-state index contributed by atoms with van der Waals surface area (Å²) in [5, 5.41) is 6.15.